The topological polar surface area (TPSA) is 22.0 Å². The van der Waals surface area contributed by atoms with Gasteiger partial charge in [0.05, 0.1) is 16.8 Å². The molecule has 0 saturated heterocycles. The minimum absolute atomic E-state index is 0.0334. The normalized spacial score (nSPS) is 14.1. The molecule has 0 aliphatic carbocycles. The van der Waals surface area contributed by atoms with E-state index < -0.39 is 0 Å². The molecule has 1 aromatic heterocycles. The van der Waals surface area contributed by atoms with Crippen LogP contribution in [0, 0.1) is 0 Å². The summed E-state index contributed by atoms with van der Waals surface area (Å²) >= 11 is 5.93. The second-order valence-electron chi connectivity index (χ2n) is 5.24. The van der Waals surface area contributed by atoms with E-state index in [1.807, 2.05) is 55.5 Å². The van der Waals surface area contributed by atoms with E-state index in [-0.39, 0.29) is 5.91 Å². The van der Waals surface area contributed by atoms with Crippen LogP contribution in [-0.4, -0.2) is 10.5 Å². The number of nitrogens with zero attached hydrogens (tertiary/aromatic N) is 1. The number of hydrogen-bond donors (Lipinski definition) is 0. The molecule has 0 amide bonds. The predicted octanol–water partition coefficient (Wildman–Crippen LogP) is 4.88. The Bertz CT molecular complexity index is 916. The summed E-state index contributed by atoms with van der Waals surface area (Å²) in [6.07, 6.45) is 0. The second kappa shape index (κ2) is 4.34. The highest BCUT2D eigenvalue weighted by Crippen LogP contribution is 2.38. The van der Waals surface area contributed by atoms with Crippen LogP contribution in [0.2, 0.25) is 5.02 Å². The van der Waals surface area contributed by atoms with Crippen molar-refractivity contribution in [2.24, 2.45) is 0 Å². The SMILES string of the molecule is CC1=C(c2ccc(Cl)cc2)C(=O)n2c1cc1ccccc12. The maximum Gasteiger partial charge on any atom is 0.263 e. The molecule has 2 heterocycles. The maximum atomic E-state index is 12.8. The third-order valence-electron chi connectivity index (χ3n) is 4.02. The lowest BCUT2D eigenvalue weighted by atomic mass is 10.0. The molecule has 3 aromatic rings. The number of fused-ring (bicyclic) bond motifs is 3. The first-order chi connectivity index (χ1) is 10.2. The molecule has 0 atom stereocenters. The lowest BCUT2D eigenvalue weighted by molar-refractivity contribution is 0.0989. The zero-order valence-electron chi connectivity index (χ0n) is 11.4. The summed E-state index contributed by atoms with van der Waals surface area (Å²) in [5.74, 6) is 0.0334. The highest BCUT2D eigenvalue weighted by atomic mass is 35.5. The Labute approximate surface area is 127 Å². The Kier molecular flexibility index (Phi) is 2.57. The molecule has 0 fully saturated rings. The summed E-state index contributed by atoms with van der Waals surface area (Å²) in [5.41, 5.74) is 4.62. The molecular formula is C18H12ClNO. The van der Waals surface area contributed by atoms with Gasteiger partial charge in [-0.25, -0.2) is 0 Å². The lowest BCUT2D eigenvalue weighted by Gasteiger charge is -2.04. The van der Waals surface area contributed by atoms with Gasteiger partial charge in [-0.15, -0.1) is 0 Å². The largest absolute Gasteiger partial charge is 0.276 e. The summed E-state index contributed by atoms with van der Waals surface area (Å²) in [5, 5.41) is 1.77. The molecule has 102 valence electrons. The number of carbonyl (C=O) groups excluding carboxylic acids is 1. The summed E-state index contributed by atoms with van der Waals surface area (Å²) in [4.78, 5) is 12.8. The van der Waals surface area contributed by atoms with Crippen molar-refractivity contribution in [3.05, 3.63) is 70.9 Å². The third kappa shape index (κ3) is 1.69. The van der Waals surface area contributed by atoms with Crippen molar-refractivity contribution in [1.29, 1.82) is 0 Å². The van der Waals surface area contributed by atoms with Crippen LogP contribution < -0.4 is 0 Å². The summed E-state index contributed by atoms with van der Waals surface area (Å²) in [6.45, 7) is 2.00. The monoisotopic (exact) mass is 293 g/mol. The van der Waals surface area contributed by atoms with Gasteiger partial charge in [-0.05, 0) is 42.3 Å². The first-order valence-corrected chi connectivity index (χ1v) is 7.17. The average Bonchev–Trinajstić information content (AvgIpc) is 2.98. The van der Waals surface area contributed by atoms with Gasteiger partial charge in [0.15, 0.2) is 0 Å². The smallest absolute Gasteiger partial charge is 0.263 e. The molecule has 0 bridgehead atoms. The minimum Gasteiger partial charge on any atom is -0.276 e. The number of para-hydroxylation sites is 1. The molecular weight excluding hydrogens is 282 g/mol. The second-order valence-corrected chi connectivity index (χ2v) is 5.67. The first-order valence-electron chi connectivity index (χ1n) is 6.79. The van der Waals surface area contributed by atoms with Crippen LogP contribution in [0.1, 0.15) is 23.0 Å². The van der Waals surface area contributed by atoms with Crippen LogP contribution >= 0.6 is 11.6 Å². The molecule has 21 heavy (non-hydrogen) atoms. The molecule has 4 rings (SSSR count). The van der Waals surface area contributed by atoms with E-state index in [1.165, 1.54) is 0 Å². The number of rotatable bonds is 1. The highest BCUT2D eigenvalue weighted by Gasteiger charge is 2.29. The van der Waals surface area contributed by atoms with Gasteiger partial charge < -0.3 is 0 Å². The van der Waals surface area contributed by atoms with Gasteiger partial charge in [-0.3, -0.25) is 9.36 Å². The van der Waals surface area contributed by atoms with Crippen LogP contribution in [0.15, 0.2) is 54.6 Å². The van der Waals surface area contributed by atoms with Gasteiger partial charge in [0.1, 0.15) is 0 Å². The number of hydrogen-bond acceptors (Lipinski definition) is 1. The van der Waals surface area contributed by atoms with Gasteiger partial charge in [0, 0.05) is 10.4 Å². The lowest BCUT2D eigenvalue weighted by Crippen LogP contribution is -2.07. The van der Waals surface area contributed by atoms with Crippen molar-refractivity contribution in [1.82, 2.24) is 4.57 Å². The van der Waals surface area contributed by atoms with Crippen molar-refractivity contribution >= 4 is 39.6 Å². The van der Waals surface area contributed by atoms with Crippen LogP contribution in [0.3, 0.4) is 0 Å². The van der Waals surface area contributed by atoms with E-state index in [4.69, 9.17) is 11.6 Å². The molecule has 1 aliphatic heterocycles. The van der Waals surface area contributed by atoms with Gasteiger partial charge in [0.25, 0.3) is 5.91 Å². The summed E-state index contributed by atoms with van der Waals surface area (Å²) in [7, 11) is 0. The van der Waals surface area contributed by atoms with E-state index in [2.05, 4.69) is 6.07 Å². The zero-order chi connectivity index (χ0) is 14.6. The van der Waals surface area contributed by atoms with E-state index in [0.717, 1.165) is 33.3 Å². The third-order valence-corrected chi connectivity index (χ3v) is 4.27. The number of aromatic nitrogens is 1. The van der Waals surface area contributed by atoms with Gasteiger partial charge in [0.2, 0.25) is 0 Å². The standard InChI is InChI=1S/C18H12ClNO/c1-11-16-10-13-4-2-3-5-15(13)20(16)18(21)17(11)12-6-8-14(19)9-7-12/h2-10H,1H3. The van der Waals surface area contributed by atoms with E-state index >= 15 is 0 Å². The van der Waals surface area contributed by atoms with Crippen LogP contribution in [0.4, 0.5) is 0 Å². The quantitative estimate of drug-likeness (QED) is 0.627. The Morgan fingerprint density at radius 1 is 1.00 bits per heavy atom. The number of carbonyl (C=O) groups is 1. The maximum absolute atomic E-state index is 12.8. The first kappa shape index (κ1) is 12.4. The number of benzene rings is 2. The fraction of sp³-hybridized carbons (Fsp3) is 0.0556. The molecule has 2 aromatic carbocycles. The van der Waals surface area contributed by atoms with Gasteiger partial charge >= 0.3 is 0 Å². The molecule has 0 N–H and O–H groups in total. The van der Waals surface area contributed by atoms with Gasteiger partial charge in [-0.2, -0.15) is 0 Å². The molecule has 0 spiro atoms. The fourth-order valence-corrected chi connectivity index (χ4v) is 3.13. The fourth-order valence-electron chi connectivity index (χ4n) is 3.01. The molecule has 0 unspecified atom stereocenters. The van der Waals surface area contributed by atoms with E-state index in [0.29, 0.717) is 5.02 Å². The molecule has 3 heteroatoms. The molecule has 0 radical (unpaired) electrons. The molecule has 1 aliphatic rings. The molecule has 2 nitrogen and oxygen atoms in total. The Hall–Kier alpha value is -2.32. The molecule has 0 saturated carbocycles. The van der Waals surface area contributed by atoms with Crippen molar-refractivity contribution in [3.8, 4) is 0 Å². The summed E-state index contributed by atoms with van der Waals surface area (Å²) in [6, 6.07) is 17.5. The Morgan fingerprint density at radius 2 is 1.71 bits per heavy atom. The Morgan fingerprint density at radius 3 is 2.48 bits per heavy atom. The number of allylic oxidation sites excluding steroid dienone is 2. The minimum atomic E-state index is 0.0334. The van der Waals surface area contributed by atoms with E-state index in [9.17, 15) is 4.79 Å². The van der Waals surface area contributed by atoms with Crippen molar-refractivity contribution < 1.29 is 4.79 Å². The van der Waals surface area contributed by atoms with Crippen LogP contribution in [0.5, 0.6) is 0 Å². The van der Waals surface area contributed by atoms with E-state index in [1.54, 1.807) is 4.57 Å². The number of halogens is 1. The van der Waals surface area contributed by atoms with Crippen LogP contribution in [0.25, 0.3) is 22.0 Å². The predicted molar refractivity (Wildman–Crippen MR) is 86.5 cm³/mol. The Balaban J connectivity index is 1.96. The average molecular weight is 294 g/mol. The van der Waals surface area contributed by atoms with Crippen LogP contribution in [-0.2, 0) is 0 Å². The van der Waals surface area contributed by atoms with Crippen molar-refractivity contribution in [3.63, 3.8) is 0 Å². The van der Waals surface area contributed by atoms with Gasteiger partial charge in [-0.1, -0.05) is 41.9 Å². The van der Waals surface area contributed by atoms with Crippen molar-refractivity contribution in [2.45, 2.75) is 6.92 Å². The highest BCUT2D eigenvalue weighted by molar-refractivity contribution is 6.34. The van der Waals surface area contributed by atoms with Crippen molar-refractivity contribution in [2.75, 3.05) is 0 Å². The summed E-state index contributed by atoms with van der Waals surface area (Å²) < 4.78 is 1.80. The zero-order valence-corrected chi connectivity index (χ0v) is 12.2.